The Labute approximate surface area is 299 Å². The van der Waals surface area contributed by atoms with E-state index in [1.165, 1.54) is 18.2 Å². The van der Waals surface area contributed by atoms with E-state index in [2.05, 4.69) is 10.6 Å². The molecule has 0 spiro atoms. The molecule has 0 unspecified atom stereocenters. The highest BCUT2D eigenvalue weighted by molar-refractivity contribution is 5.94. The van der Waals surface area contributed by atoms with E-state index >= 15 is 4.39 Å². The van der Waals surface area contributed by atoms with Gasteiger partial charge in [-0.1, -0.05) is 76.2 Å². The van der Waals surface area contributed by atoms with E-state index in [9.17, 15) is 14.0 Å². The van der Waals surface area contributed by atoms with Gasteiger partial charge in [0.25, 0.3) is 5.91 Å². The molecule has 2 amide bonds. The summed E-state index contributed by atoms with van der Waals surface area (Å²) in [6.07, 6.45) is 0.176. The topological polar surface area (TPSA) is 95.1 Å². The summed E-state index contributed by atoms with van der Waals surface area (Å²) in [6.45, 7) is 10.5. The first-order chi connectivity index (χ1) is 24.6. The molecule has 2 N–H and O–H groups in total. The number of hydrogen-bond acceptors (Lipinski definition) is 6. The SMILES string of the molecule is CC(C)c1ccc(F)cc1OCCOCCNC(=O)Cc1ccc(-c2cc(C(C)C)c(OCCOCCNC(=O)c3ccccc3)cc2F)cc1. The van der Waals surface area contributed by atoms with Crippen LogP contribution in [-0.4, -0.2) is 64.5 Å². The molecule has 0 radical (unpaired) electrons. The molecule has 8 nitrogen and oxygen atoms in total. The summed E-state index contributed by atoms with van der Waals surface area (Å²) in [5.41, 5.74) is 4.34. The van der Waals surface area contributed by atoms with Crippen molar-refractivity contribution in [3.63, 3.8) is 0 Å². The first-order valence-corrected chi connectivity index (χ1v) is 17.4. The van der Waals surface area contributed by atoms with Gasteiger partial charge in [-0.15, -0.1) is 0 Å². The lowest BCUT2D eigenvalue weighted by Gasteiger charge is -2.17. The van der Waals surface area contributed by atoms with Crippen molar-refractivity contribution >= 4 is 11.8 Å². The summed E-state index contributed by atoms with van der Waals surface area (Å²) in [5, 5.41) is 5.65. The molecule has 0 aliphatic rings. The van der Waals surface area contributed by atoms with Crippen molar-refractivity contribution in [3.8, 4) is 22.6 Å². The molecule has 0 heterocycles. The molecule has 4 aromatic rings. The molecular formula is C41H48F2N2O6. The van der Waals surface area contributed by atoms with Crippen LogP contribution in [0.15, 0.2) is 84.9 Å². The lowest BCUT2D eigenvalue weighted by molar-refractivity contribution is -0.120. The molecule has 10 heteroatoms. The molecule has 0 saturated heterocycles. The minimum atomic E-state index is -0.411. The number of halogens is 2. The molecule has 0 fully saturated rings. The van der Waals surface area contributed by atoms with Gasteiger partial charge in [-0.2, -0.15) is 0 Å². The second kappa shape index (κ2) is 20.1. The van der Waals surface area contributed by atoms with Gasteiger partial charge in [0.15, 0.2) is 0 Å². The maximum absolute atomic E-state index is 15.3. The molecule has 0 saturated carbocycles. The third-order valence-corrected chi connectivity index (χ3v) is 8.06. The summed E-state index contributed by atoms with van der Waals surface area (Å²) in [6, 6.07) is 24.0. The molecule has 0 atom stereocenters. The van der Waals surface area contributed by atoms with Crippen LogP contribution in [0.5, 0.6) is 11.5 Å². The summed E-state index contributed by atoms with van der Waals surface area (Å²) in [4.78, 5) is 24.6. The predicted octanol–water partition coefficient (Wildman–Crippen LogP) is 7.46. The number of hydrogen-bond donors (Lipinski definition) is 2. The van der Waals surface area contributed by atoms with Crippen LogP contribution in [0.1, 0.15) is 66.6 Å². The van der Waals surface area contributed by atoms with Gasteiger partial charge in [-0.25, -0.2) is 8.78 Å². The van der Waals surface area contributed by atoms with Crippen LogP contribution in [0.2, 0.25) is 0 Å². The van der Waals surface area contributed by atoms with Crippen molar-refractivity contribution in [2.24, 2.45) is 0 Å². The number of benzene rings is 4. The fraction of sp³-hybridized carbons (Fsp3) is 0.366. The van der Waals surface area contributed by atoms with Gasteiger partial charge in [0, 0.05) is 36.3 Å². The number of carbonyl (C=O) groups is 2. The van der Waals surface area contributed by atoms with Gasteiger partial charge in [0.05, 0.1) is 32.8 Å². The summed E-state index contributed by atoms with van der Waals surface area (Å²) in [5.74, 6) is 0.193. The molecule has 0 bridgehead atoms. The lowest BCUT2D eigenvalue weighted by atomic mass is 9.95. The van der Waals surface area contributed by atoms with Crippen LogP contribution in [-0.2, 0) is 20.7 Å². The highest BCUT2D eigenvalue weighted by Crippen LogP contribution is 2.34. The van der Waals surface area contributed by atoms with Crippen LogP contribution in [0.3, 0.4) is 0 Å². The van der Waals surface area contributed by atoms with Crippen molar-refractivity contribution in [2.45, 2.75) is 46.0 Å². The van der Waals surface area contributed by atoms with E-state index in [0.29, 0.717) is 61.1 Å². The second-order valence-corrected chi connectivity index (χ2v) is 12.6. The smallest absolute Gasteiger partial charge is 0.251 e. The van der Waals surface area contributed by atoms with E-state index in [0.717, 1.165) is 16.7 Å². The fourth-order valence-corrected chi connectivity index (χ4v) is 5.35. The third-order valence-electron chi connectivity index (χ3n) is 8.06. The van der Waals surface area contributed by atoms with E-state index in [-0.39, 0.29) is 55.7 Å². The quantitative estimate of drug-likeness (QED) is 0.0930. The molecule has 0 aromatic heterocycles. The van der Waals surface area contributed by atoms with E-state index in [4.69, 9.17) is 18.9 Å². The Kier molecular flexibility index (Phi) is 15.4. The van der Waals surface area contributed by atoms with E-state index in [1.807, 2.05) is 76.2 Å². The molecular weight excluding hydrogens is 654 g/mol. The average molecular weight is 703 g/mol. The number of nitrogens with one attached hydrogen (secondary N) is 2. The van der Waals surface area contributed by atoms with Gasteiger partial charge < -0.3 is 29.6 Å². The van der Waals surface area contributed by atoms with E-state index < -0.39 is 5.82 Å². The first kappa shape index (κ1) is 39.0. The Balaban J connectivity index is 1.17. The van der Waals surface area contributed by atoms with Crippen molar-refractivity contribution in [2.75, 3.05) is 52.7 Å². The zero-order valence-electron chi connectivity index (χ0n) is 29.8. The molecule has 272 valence electrons. The van der Waals surface area contributed by atoms with E-state index in [1.54, 1.807) is 18.2 Å². The Morgan fingerprint density at radius 1 is 0.647 bits per heavy atom. The first-order valence-electron chi connectivity index (χ1n) is 17.4. The molecule has 4 aromatic carbocycles. The fourth-order valence-electron chi connectivity index (χ4n) is 5.35. The zero-order chi connectivity index (χ0) is 36.6. The normalized spacial score (nSPS) is 11.1. The monoisotopic (exact) mass is 702 g/mol. The Bertz CT molecular complexity index is 1700. The maximum atomic E-state index is 15.3. The minimum Gasteiger partial charge on any atom is -0.491 e. The minimum absolute atomic E-state index is 0.0825. The summed E-state index contributed by atoms with van der Waals surface area (Å²) in [7, 11) is 0. The highest BCUT2D eigenvalue weighted by atomic mass is 19.1. The highest BCUT2D eigenvalue weighted by Gasteiger charge is 2.16. The Hall–Kier alpha value is -4.80. The molecule has 4 rings (SSSR count). The Morgan fingerprint density at radius 3 is 1.88 bits per heavy atom. The Morgan fingerprint density at radius 2 is 1.25 bits per heavy atom. The second-order valence-electron chi connectivity index (χ2n) is 12.6. The van der Waals surface area contributed by atoms with Crippen LogP contribution < -0.4 is 20.1 Å². The van der Waals surface area contributed by atoms with Gasteiger partial charge in [-0.3, -0.25) is 9.59 Å². The summed E-state index contributed by atoms with van der Waals surface area (Å²) >= 11 is 0. The molecule has 0 aliphatic heterocycles. The zero-order valence-corrected chi connectivity index (χ0v) is 29.8. The van der Waals surface area contributed by atoms with Crippen molar-refractivity contribution in [1.29, 1.82) is 0 Å². The maximum Gasteiger partial charge on any atom is 0.251 e. The van der Waals surface area contributed by atoms with Crippen LogP contribution in [0.25, 0.3) is 11.1 Å². The molecule has 51 heavy (non-hydrogen) atoms. The van der Waals surface area contributed by atoms with Gasteiger partial charge >= 0.3 is 0 Å². The lowest BCUT2D eigenvalue weighted by Crippen LogP contribution is -2.29. The van der Waals surface area contributed by atoms with Gasteiger partial charge in [0.1, 0.15) is 36.3 Å². The van der Waals surface area contributed by atoms with Crippen LogP contribution >= 0.6 is 0 Å². The average Bonchev–Trinajstić information content (AvgIpc) is 3.11. The van der Waals surface area contributed by atoms with Gasteiger partial charge in [-0.05, 0) is 58.4 Å². The largest absolute Gasteiger partial charge is 0.491 e. The predicted molar refractivity (Wildman–Crippen MR) is 195 cm³/mol. The number of ether oxygens (including phenoxy) is 4. The van der Waals surface area contributed by atoms with Crippen molar-refractivity contribution in [3.05, 3.63) is 119 Å². The van der Waals surface area contributed by atoms with Crippen molar-refractivity contribution in [1.82, 2.24) is 10.6 Å². The number of rotatable bonds is 20. The number of amides is 2. The van der Waals surface area contributed by atoms with Crippen molar-refractivity contribution < 1.29 is 37.3 Å². The number of carbonyl (C=O) groups excluding carboxylic acids is 2. The molecule has 0 aliphatic carbocycles. The van der Waals surface area contributed by atoms with Crippen LogP contribution in [0.4, 0.5) is 8.78 Å². The van der Waals surface area contributed by atoms with Gasteiger partial charge in [0.2, 0.25) is 5.91 Å². The van der Waals surface area contributed by atoms with Crippen LogP contribution in [0, 0.1) is 11.6 Å². The third kappa shape index (κ3) is 12.5. The standard InChI is InChI=1S/C41H48F2N2O6/c1-28(2)34-15-14-33(42)25-38(34)50-22-20-48-18-16-44-40(46)24-30-10-12-31(13-11-30)36-26-35(29(3)4)39(27-37(36)43)51-23-21-49-19-17-45-41(47)32-8-6-5-7-9-32/h5-15,25-29H,16-24H2,1-4H3,(H,44,46)(H,45,47). The summed E-state index contributed by atoms with van der Waals surface area (Å²) < 4.78 is 51.7.